The van der Waals surface area contributed by atoms with E-state index in [0.29, 0.717) is 53.6 Å². The van der Waals surface area contributed by atoms with Crippen molar-refractivity contribution in [2.75, 3.05) is 11.9 Å². The van der Waals surface area contributed by atoms with Gasteiger partial charge in [-0.05, 0) is 122 Å². The first-order valence-corrected chi connectivity index (χ1v) is 16.6. The van der Waals surface area contributed by atoms with Crippen LogP contribution in [0.4, 0.5) is 5.69 Å². The van der Waals surface area contributed by atoms with Crippen LogP contribution in [-0.4, -0.2) is 39.9 Å². The van der Waals surface area contributed by atoms with Crippen LogP contribution in [0.15, 0.2) is 48.7 Å². The minimum atomic E-state index is -0.237. The Balaban J connectivity index is 1.04. The first-order chi connectivity index (χ1) is 20.2. The first kappa shape index (κ1) is 29.6. The number of nitrogens with zero attached hydrogens (tertiary/aromatic N) is 1. The lowest BCUT2D eigenvalue weighted by atomic mass is 9.41. The number of hydrogen-bond donors (Lipinski definition) is 3. The number of anilines is 1. The average molecular weight is 575 g/mol. The molecule has 42 heavy (non-hydrogen) atoms. The van der Waals surface area contributed by atoms with E-state index in [1.54, 1.807) is 18.3 Å². The second kappa shape index (κ2) is 11.9. The summed E-state index contributed by atoms with van der Waals surface area (Å²) in [5, 5.41) is 25.3. The minimum Gasteiger partial charge on any atom is -0.478 e. The van der Waals surface area contributed by atoms with Gasteiger partial charge in [0, 0.05) is 18.0 Å². The molecule has 0 radical (unpaired) electrons. The molecule has 4 fully saturated rings. The fourth-order valence-electron chi connectivity index (χ4n) is 10.4. The number of carbonyl (C=O) groups excluding carboxylic acids is 1. The third-order valence-corrected chi connectivity index (χ3v) is 12.6. The number of aliphatic hydroxyl groups is 2. The van der Waals surface area contributed by atoms with Gasteiger partial charge in [-0.3, -0.25) is 4.79 Å². The Morgan fingerprint density at radius 2 is 1.74 bits per heavy atom. The molecule has 0 unspecified atom stereocenters. The number of para-hydroxylation sites is 1. The van der Waals surface area contributed by atoms with Crippen LogP contribution in [0.2, 0.25) is 0 Å². The van der Waals surface area contributed by atoms with E-state index in [1.165, 1.54) is 25.7 Å². The Hall–Kier alpha value is -2.44. The molecule has 3 N–H and O–H groups in total. The van der Waals surface area contributed by atoms with Gasteiger partial charge in [0.15, 0.2) is 0 Å². The summed E-state index contributed by atoms with van der Waals surface area (Å²) >= 11 is 0. The highest BCUT2D eigenvalue weighted by atomic mass is 16.5. The SMILES string of the molecule is CC[C@H]1[C@@H](O)[C@@H]2[C@H](CC[C@]3(C)[C@@H](CCCOc4ccc(C(=O)Nc5ccccc5)cn4)CC[C@@H]23)[C@@]2(C)CC[C@@H](O)C[C@@H]12. The Bertz CT molecular complexity index is 1220. The van der Waals surface area contributed by atoms with Gasteiger partial charge in [-0.2, -0.15) is 0 Å². The number of nitrogens with one attached hydrogen (secondary N) is 1. The molecule has 1 aromatic heterocycles. The van der Waals surface area contributed by atoms with Gasteiger partial charge in [0.2, 0.25) is 5.88 Å². The molecule has 6 nitrogen and oxygen atoms in total. The third kappa shape index (κ3) is 5.27. The second-order valence-corrected chi connectivity index (χ2v) is 14.4. The van der Waals surface area contributed by atoms with Crippen molar-refractivity contribution in [2.24, 2.45) is 46.3 Å². The number of benzene rings is 1. The lowest BCUT2D eigenvalue weighted by molar-refractivity contribution is -0.202. The number of aliphatic hydroxyl groups excluding tert-OH is 2. The van der Waals surface area contributed by atoms with Gasteiger partial charge >= 0.3 is 0 Å². The van der Waals surface area contributed by atoms with Gasteiger partial charge in [-0.25, -0.2) is 4.98 Å². The summed E-state index contributed by atoms with van der Waals surface area (Å²) in [6.45, 7) is 7.91. The van der Waals surface area contributed by atoms with Crippen LogP contribution in [-0.2, 0) is 0 Å². The Labute approximate surface area is 251 Å². The number of ether oxygens (including phenoxy) is 1. The molecular weight excluding hydrogens is 524 g/mol. The van der Waals surface area contributed by atoms with Crippen molar-refractivity contribution in [3.05, 3.63) is 54.2 Å². The Kier molecular flexibility index (Phi) is 8.41. The van der Waals surface area contributed by atoms with Gasteiger partial charge < -0.3 is 20.3 Å². The number of pyridine rings is 1. The molecule has 6 heteroatoms. The van der Waals surface area contributed by atoms with Crippen LogP contribution in [0.25, 0.3) is 0 Å². The Morgan fingerprint density at radius 1 is 0.976 bits per heavy atom. The number of rotatable bonds is 8. The largest absolute Gasteiger partial charge is 0.478 e. The highest BCUT2D eigenvalue weighted by molar-refractivity contribution is 6.04. The molecule has 1 aromatic carbocycles. The monoisotopic (exact) mass is 574 g/mol. The normalized spacial score (nSPS) is 39.1. The highest BCUT2D eigenvalue weighted by Gasteiger charge is 2.64. The zero-order chi connectivity index (χ0) is 29.5. The van der Waals surface area contributed by atoms with Crippen molar-refractivity contribution in [2.45, 2.75) is 97.2 Å². The number of carbonyl (C=O) groups is 1. The van der Waals surface area contributed by atoms with Crippen molar-refractivity contribution < 1.29 is 19.7 Å². The van der Waals surface area contributed by atoms with Gasteiger partial charge in [0.05, 0.1) is 24.4 Å². The summed E-state index contributed by atoms with van der Waals surface area (Å²) in [4.78, 5) is 16.9. The van der Waals surface area contributed by atoms with E-state index in [4.69, 9.17) is 4.74 Å². The van der Waals surface area contributed by atoms with Crippen LogP contribution >= 0.6 is 0 Å². The van der Waals surface area contributed by atoms with E-state index in [0.717, 1.165) is 44.2 Å². The molecule has 2 aromatic rings. The summed E-state index contributed by atoms with van der Waals surface area (Å²) in [5.74, 6) is 3.36. The molecule has 0 aliphatic heterocycles. The summed E-state index contributed by atoms with van der Waals surface area (Å²) in [7, 11) is 0. The minimum absolute atomic E-state index is 0.182. The summed E-state index contributed by atoms with van der Waals surface area (Å²) in [5.41, 5.74) is 1.80. The number of fused-ring (bicyclic) bond motifs is 5. The average Bonchev–Trinajstić information content (AvgIpc) is 3.33. The standard InChI is InChI=1S/C36H50N2O4/c1-4-27-30-21-26(39)16-18-36(30,3)29-17-19-35(2)24(13-14-28(35)32(29)33(27)40)9-8-20-42-31-15-12-23(22-37-31)34(41)38-25-10-6-5-7-11-25/h5-7,10-12,15,22,24,26-30,32-33,39-40H,4,8-9,13-14,16-21H2,1-3H3,(H,38,41)/t24-,26+,27+,28-,29-,30-,32-,33+,35+,36+/m0/s1. The van der Waals surface area contributed by atoms with Gasteiger partial charge in [0.1, 0.15) is 0 Å². The molecule has 0 bridgehead atoms. The molecule has 1 amide bonds. The van der Waals surface area contributed by atoms with Crippen LogP contribution in [0.5, 0.6) is 5.88 Å². The van der Waals surface area contributed by atoms with E-state index < -0.39 is 0 Å². The maximum atomic E-state index is 12.5. The zero-order valence-corrected chi connectivity index (χ0v) is 25.7. The number of aromatic nitrogens is 1. The second-order valence-electron chi connectivity index (χ2n) is 14.4. The lowest BCUT2D eigenvalue weighted by Gasteiger charge is -2.64. The smallest absolute Gasteiger partial charge is 0.257 e. The summed E-state index contributed by atoms with van der Waals surface area (Å²) in [6.07, 6.45) is 12.1. The fourth-order valence-corrected chi connectivity index (χ4v) is 10.4. The van der Waals surface area contributed by atoms with Crippen LogP contribution in [0.3, 0.4) is 0 Å². The van der Waals surface area contributed by atoms with Crippen molar-refractivity contribution in [1.82, 2.24) is 4.98 Å². The van der Waals surface area contributed by atoms with Crippen molar-refractivity contribution >= 4 is 11.6 Å². The molecule has 4 aliphatic carbocycles. The van der Waals surface area contributed by atoms with E-state index >= 15 is 0 Å². The van der Waals surface area contributed by atoms with Crippen LogP contribution < -0.4 is 10.1 Å². The van der Waals surface area contributed by atoms with Gasteiger partial charge in [-0.15, -0.1) is 0 Å². The molecule has 0 saturated heterocycles. The first-order valence-electron chi connectivity index (χ1n) is 16.6. The molecule has 6 rings (SSSR count). The molecule has 0 spiro atoms. The van der Waals surface area contributed by atoms with Gasteiger partial charge in [-0.1, -0.05) is 45.4 Å². The summed E-state index contributed by atoms with van der Waals surface area (Å²) in [6, 6.07) is 13.0. The molecule has 4 aliphatic rings. The third-order valence-electron chi connectivity index (χ3n) is 12.6. The predicted molar refractivity (Wildman–Crippen MR) is 165 cm³/mol. The number of hydrogen-bond acceptors (Lipinski definition) is 5. The van der Waals surface area contributed by atoms with E-state index in [2.05, 4.69) is 31.1 Å². The molecule has 1 heterocycles. The Morgan fingerprint density at radius 3 is 2.48 bits per heavy atom. The zero-order valence-electron chi connectivity index (χ0n) is 25.7. The quantitative estimate of drug-likeness (QED) is 0.292. The van der Waals surface area contributed by atoms with Crippen LogP contribution in [0.1, 0.15) is 95.3 Å². The van der Waals surface area contributed by atoms with Crippen LogP contribution in [0, 0.1) is 46.3 Å². The fraction of sp³-hybridized carbons (Fsp3) is 0.667. The van der Waals surface area contributed by atoms with Crippen molar-refractivity contribution in [3.63, 3.8) is 0 Å². The van der Waals surface area contributed by atoms with E-state index in [1.807, 2.05) is 30.3 Å². The molecular formula is C36H50N2O4. The molecule has 4 saturated carbocycles. The maximum Gasteiger partial charge on any atom is 0.257 e. The number of amides is 1. The highest BCUT2D eigenvalue weighted by Crippen LogP contribution is 2.69. The predicted octanol–water partition coefficient (Wildman–Crippen LogP) is 7.12. The molecule has 10 atom stereocenters. The van der Waals surface area contributed by atoms with Crippen molar-refractivity contribution in [1.29, 1.82) is 0 Å². The van der Waals surface area contributed by atoms with E-state index in [-0.39, 0.29) is 28.9 Å². The summed E-state index contributed by atoms with van der Waals surface area (Å²) < 4.78 is 6.00. The van der Waals surface area contributed by atoms with E-state index in [9.17, 15) is 15.0 Å². The topological polar surface area (TPSA) is 91.7 Å². The lowest BCUT2D eigenvalue weighted by Crippen LogP contribution is -2.62. The van der Waals surface area contributed by atoms with Gasteiger partial charge in [0.25, 0.3) is 5.91 Å². The molecule has 228 valence electrons. The van der Waals surface area contributed by atoms with Crippen molar-refractivity contribution in [3.8, 4) is 5.88 Å². The maximum absolute atomic E-state index is 12.5.